The Bertz CT molecular complexity index is 813. The van der Waals surface area contributed by atoms with Crippen LogP contribution in [0.5, 0.6) is 0 Å². The summed E-state index contributed by atoms with van der Waals surface area (Å²) in [4.78, 5) is 27.1. The van der Waals surface area contributed by atoms with Gasteiger partial charge in [0, 0.05) is 24.4 Å². The molecule has 4 nitrogen and oxygen atoms in total. The van der Waals surface area contributed by atoms with E-state index in [0.717, 1.165) is 16.7 Å². The van der Waals surface area contributed by atoms with Gasteiger partial charge >= 0.3 is 0 Å². The van der Waals surface area contributed by atoms with Crippen molar-refractivity contribution in [2.24, 2.45) is 0 Å². The normalized spacial score (nSPS) is 11.7. The molecule has 0 aliphatic rings. The van der Waals surface area contributed by atoms with Crippen LogP contribution in [0.1, 0.15) is 30.0 Å². The highest BCUT2D eigenvalue weighted by Crippen LogP contribution is 2.22. The largest absolute Gasteiger partial charge is 0.357 e. The van der Waals surface area contributed by atoms with Crippen LogP contribution in [0.4, 0.5) is 0 Å². The third kappa shape index (κ3) is 6.28. The molecule has 2 amide bonds. The molecule has 6 heteroatoms. The lowest BCUT2D eigenvalue weighted by atomic mass is 10.1. The van der Waals surface area contributed by atoms with Gasteiger partial charge in [0.2, 0.25) is 11.8 Å². The summed E-state index contributed by atoms with van der Waals surface area (Å²) in [5.41, 5.74) is 3.16. The number of nitrogens with zero attached hydrogens (tertiary/aromatic N) is 1. The SMILES string of the molecule is CC[C@H](C(=O)NC)N(Cc1cccc(C)c1)C(=O)CSCc1ccccc1Cl. The standard InChI is InChI=1S/C22H27ClN2O2S/c1-4-20(22(27)24-3)25(13-17-9-7-8-16(2)12-17)21(26)15-28-14-18-10-5-6-11-19(18)23/h5-12,20H,4,13-15H2,1-3H3,(H,24,27)/t20-/m1/s1. The molecule has 1 N–H and O–H groups in total. The molecule has 0 bridgehead atoms. The third-order valence-electron chi connectivity index (χ3n) is 4.51. The van der Waals surface area contributed by atoms with E-state index < -0.39 is 6.04 Å². The van der Waals surface area contributed by atoms with Gasteiger partial charge in [-0.1, -0.05) is 66.6 Å². The molecule has 0 unspecified atom stereocenters. The van der Waals surface area contributed by atoms with Gasteiger partial charge in [0.15, 0.2) is 0 Å². The Morgan fingerprint density at radius 2 is 1.93 bits per heavy atom. The van der Waals surface area contributed by atoms with Crippen molar-refractivity contribution in [2.75, 3.05) is 12.8 Å². The Morgan fingerprint density at radius 3 is 2.57 bits per heavy atom. The van der Waals surface area contributed by atoms with E-state index in [9.17, 15) is 9.59 Å². The lowest BCUT2D eigenvalue weighted by Crippen LogP contribution is -2.48. The van der Waals surface area contributed by atoms with Crippen LogP contribution < -0.4 is 5.32 Å². The average molecular weight is 419 g/mol. The minimum absolute atomic E-state index is 0.0472. The Labute approximate surface area is 176 Å². The Hall–Kier alpha value is -1.98. The molecule has 28 heavy (non-hydrogen) atoms. The maximum atomic E-state index is 13.0. The Balaban J connectivity index is 2.11. The van der Waals surface area contributed by atoms with Crippen molar-refractivity contribution in [3.63, 3.8) is 0 Å². The van der Waals surface area contributed by atoms with Gasteiger partial charge in [-0.05, 0) is 30.5 Å². The molecule has 0 saturated heterocycles. The molecule has 2 rings (SSSR count). The summed E-state index contributed by atoms with van der Waals surface area (Å²) in [7, 11) is 1.60. The molecular weight excluding hydrogens is 392 g/mol. The third-order valence-corrected chi connectivity index (χ3v) is 5.84. The summed E-state index contributed by atoms with van der Waals surface area (Å²) in [6.07, 6.45) is 0.562. The molecule has 2 aromatic carbocycles. The van der Waals surface area contributed by atoms with Crippen LogP contribution in [0, 0.1) is 6.92 Å². The van der Waals surface area contributed by atoms with Crippen molar-refractivity contribution < 1.29 is 9.59 Å². The predicted octanol–water partition coefficient (Wildman–Crippen LogP) is 4.44. The minimum atomic E-state index is -0.487. The number of likely N-dealkylation sites (N-methyl/N-ethyl adjacent to an activating group) is 1. The van der Waals surface area contributed by atoms with E-state index in [1.807, 2.05) is 62.4 Å². The summed E-state index contributed by atoms with van der Waals surface area (Å²) < 4.78 is 0. The van der Waals surface area contributed by atoms with E-state index >= 15 is 0 Å². The van der Waals surface area contributed by atoms with E-state index in [0.29, 0.717) is 29.5 Å². The van der Waals surface area contributed by atoms with Crippen LogP contribution in [0.3, 0.4) is 0 Å². The molecule has 150 valence electrons. The molecule has 0 fully saturated rings. The molecule has 0 spiro atoms. The fourth-order valence-corrected chi connectivity index (χ4v) is 4.24. The van der Waals surface area contributed by atoms with Crippen molar-refractivity contribution in [3.8, 4) is 0 Å². The van der Waals surface area contributed by atoms with E-state index in [1.54, 1.807) is 11.9 Å². The quantitative estimate of drug-likeness (QED) is 0.655. The number of amides is 2. The number of hydrogen-bond donors (Lipinski definition) is 1. The van der Waals surface area contributed by atoms with Crippen molar-refractivity contribution in [2.45, 2.75) is 38.6 Å². The van der Waals surface area contributed by atoms with Gasteiger partial charge in [-0.25, -0.2) is 0 Å². The first kappa shape index (κ1) is 22.3. The molecule has 0 aliphatic carbocycles. The molecule has 0 aliphatic heterocycles. The first-order chi connectivity index (χ1) is 13.5. The lowest BCUT2D eigenvalue weighted by Gasteiger charge is -2.30. The molecular formula is C22H27ClN2O2S. The smallest absolute Gasteiger partial charge is 0.242 e. The summed E-state index contributed by atoms with van der Waals surface area (Å²) in [6, 6.07) is 15.2. The topological polar surface area (TPSA) is 49.4 Å². The molecule has 0 heterocycles. The number of aryl methyl sites for hydroxylation is 1. The minimum Gasteiger partial charge on any atom is -0.357 e. The molecule has 1 atom stereocenters. The molecule has 0 saturated carbocycles. The van der Waals surface area contributed by atoms with Gasteiger partial charge in [0.05, 0.1) is 5.75 Å². The highest BCUT2D eigenvalue weighted by Gasteiger charge is 2.27. The number of carbonyl (C=O) groups excluding carboxylic acids is 2. The van der Waals surface area contributed by atoms with E-state index in [-0.39, 0.29) is 11.8 Å². The zero-order chi connectivity index (χ0) is 20.5. The number of nitrogens with one attached hydrogen (secondary N) is 1. The van der Waals surface area contributed by atoms with Crippen molar-refractivity contribution in [3.05, 3.63) is 70.2 Å². The fraction of sp³-hybridized carbons (Fsp3) is 0.364. The van der Waals surface area contributed by atoms with Crippen LogP contribution in [-0.2, 0) is 21.9 Å². The van der Waals surface area contributed by atoms with Crippen molar-refractivity contribution in [1.82, 2.24) is 10.2 Å². The van der Waals surface area contributed by atoms with Gasteiger partial charge < -0.3 is 10.2 Å². The summed E-state index contributed by atoms with van der Waals surface area (Å²) in [5.74, 6) is 0.763. The second-order valence-electron chi connectivity index (χ2n) is 6.63. The van der Waals surface area contributed by atoms with Gasteiger partial charge in [0.1, 0.15) is 6.04 Å². The highest BCUT2D eigenvalue weighted by atomic mass is 35.5. The van der Waals surface area contributed by atoms with E-state index in [1.165, 1.54) is 11.8 Å². The average Bonchev–Trinajstić information content (AvgIpc) is 2.69. The van der Waals surface area contributed by atoms with Gasteiger partial charge in [-0.2, -0.15) is 0 Å². The Kier molecular flexibility index (Phi) is 8.87. The zero-order valence-electron chi connectivity index (χ0n) is 16.6. The van der Waals surface area contributed by atoms with E-state index in [2.05, 4.69) is 5.32 Å². The second kappa shape index (κ2) is 11.1. The van der Waals surface area contributed by atoms with Gasteiger partial charge in [0.25, 0.3) is 0 Å². The first-order valence-electron chi connectivity index (χ1n) is 9.34. The lowest BCUT2D eigenvalue weighted by molar-refractivity contribution is -0.139. The van der Waals surface area contributed by atoms with E-state index in [4.69, 9.17) is 11.6 Å². The van der Waals surface area contributed by atoms with Gasteiger partial charge in [-0.15, -0.1) is 11.8 Å². The number of thioether (sulfide) groups is 1. The van der Waals surface area contributed by atoms with Crippen LogP contribution in [0.15, 0.2) is 48.5 Å². The number of carbonyl (C=O) groups is 2. The molecule has 2 aromatic rings. The predicted molar refractivity (Wildman–Crippen MR) is 117 cm³/mol. The summed E-state index contributed by atoms with van der Waals surface area (Å²) in [5, 5.41) is 3.39. The molecule has 0 aromatic heterocycles. The fourth-order valence-electron chi connectivity index (χ4n) is 3.04. The van der Waals surface area contributed by atoms with Crippen LogP contribution in [-0.4, -0.2) is 35.6 Å². The second-order valence-corrected chi connectivity index (χ2v) is 8.03. The number of rotatable bonds is 9. The van der Waals surface area contributed by atoms with Crippen LogP contribution >= 0.6 is 23.4 Å². The van der Waals surface area contributed by atoms with Gasteiger partial charge in [-0.3, -0.25) is 9.59 Å². The first-order valence-corrected chi connectivity index (χ1v) is 10.9. The van der Waals surface area contributed by atoms with Crippen molar-refractivity contribution >= 4 is 35.2 Å². The Morgan fingerprint density at radius 1 is 1.18 bits per heavy atom. The van der Waals surface area contributed by atoms with Crippen LogP contribution in [0.2, 0.25) is 5.02 Å². The maximum Gasteiger partial charge on any atom is 0.242 e. The highest BCUT2D eigenvalue weighted by molar-refractivity contribution is 7.99. The van der Waals surface area contributed by atoms with Crippen molar-refractivity contribution in [1.29, 1.82) is 0 Å². The van der Waals surface area contributed by atoms with Crippen LogP contribution in [0.25, 0.3) is 0 Å². The summed E-state index contributed by atoms with van der Waals surface area (Å²) in [6.45, 7) is 4.36. The maximum absolute atomic E-state index is 13.0. The number of benzene rings is 2. The summed E-state index contributed by atoms with van der Waals surface area (Å²) >= 11 is 7.71. The zero-order valence-corrected chi connectivity index (χ0v) is 18.1. The number of hydrogen-bond acceptors (Lipinski definition) is 3. The molecule has 0 radical (unpaired) electrons. The number of halogens is 1. The monoisotopic (exact) mass is 418 g/mol.